The molecule has 0 spiro atoms. The van der Waals surface area contributed by atoms with Gasteiger partial charge in [0.05, 0.1) is 10.9 Å². The minimum Gasteiger partial charge on any atom is -0.395 e. The van der Waals surface area contributed by atoms with E-state index in [-0.39, 0.29) is 6.61 Å². The lowest BCUT2D eigenvalue weighted by atomic mass is 10.0. The summed E-state index contributed by atoms with van der Waals surface area (Å²) < 4.78 is 0.850. The maximum Gasteiger partial charge on any atom is 0.0931 e. The Labute approximate surface area is 99.5 Å². The van der Waals surface area contributed by atoms with E-state index in [0.29, 0.717) is 6.04 Å². The van der Waals surface area contributed by atoms with Crippen molar-refractivity contribution in [3.63, 3.8) is 0 Å². The van der Waals surface area contributed by atoms with Crippen LogP contribution in [0.4, 0.5) is 0 Å². The summed E-state index contributed by atoms with van der Waals surface area (Å²) >= 11 is 7.54. The van der Waals surface area contributed by atoms with E-state index in [0.717, 1.165) is 23.8 Å². The van der Waals surface area contributed by atoms with Crippen LogP contribution in [0.5, 0.6) is 0 Å². The fourth-order valence-electron chi connectivity index (χ4n) is 2.11. The van der Waals surface area contributed by atoms with Crippen molar-refractivity contribution in [2.75, 3.05) is 13.2 Å². The summed E-state index contributed by atoms with van der Waals surface area (Å²) in [5.74, 6) is 0. The van der Waals surface area contributed by atoms with Crippen molar-refractivity contribution in [1.29, 1.82) is 0 Å². The smallest absolute Gasteiger partial charge is 0.0931 e. The van der Waals surface area contributed by atoms with Crippen LogP contribution in [0.25, 0.3) is 0 Å². The number of nitrogens with zero attached hydrogens (tertiary/aromatic N) is 1. The minimum atomic E-state index is 0.277. The molecule has 1 aromatic rings. The van der Waals surface area contributed by atoms with Crippen LogP contribution in [0, 0.1) is 0 Å². The quantitative estimate of drug-likeness (QED) is 0.885. The standard InChI is InChI=1S/C11H16ClNOS/c12-11-5-4-10(15-11)7-13-6-2-1-3-9(13)8-14/h4-5,9,14H,1-3,6-8H2. The van der Waals surface area contributed by atoms with E-state index in [1.165, 1.54) is 17.7 Å². The summed E-state index contributed by atoms with van der Waals surface area (Å²) in [6.07, 6.45) is 3.61. The highest BCUT2D eigenvalue weighted by Gasteiger charge is 2.21. The number of halogens is 1. The van der Waals surface area contributed by atoms with Gasteiger partial charge in [0.25, 0.3) is 0 Å². The Morgan fingerprint density at radius 3 is 3.00 bits per heavy atom. The molecular formula is C11H16ClNOS. The highest BCUT2D eigenvalue weighted by atomic mass is 35.5. The van der Waals surface area contributed by atoms with Gasteiger partial charge in [-0.15, -0.1) is 11.3 Å². The average Bonchev–Trinajstić information content (AvgIpc) is 2.65. The summed E-state index contributed by atoms with van der Waals surface area (Å²) in [6.45, 7) is 2.31. The third-order valence-electron chi connectivity index (χ3n) is 2.95. The second-order valence-electron chi connectivity index (χ2n) is 4.01. The average molecular weight is 246 g/mol. The normalized spacial score (nSPS) is 23.2. The van der Waals surface area contributed by atoms with Gasteiger partial charge in [-0.2, -0.15) is 0 Å². The van der Waals surface area contributed by atoms with Crippen molar-refractivity contribution in [3.05, 3.63) is 21.3 Å². The maximum atomic E-state index is 9.28. The Balaban J connectivity index is 1.97. The van der Waals surface area contributed by atoms with Crippen LogP contribution in [0.15, 0.2) is 12.1 Å². The predicted molar refractivity (Wildman–Crippen MR) is 64.5 cm³/mol. The molecule has 2 heterocycles. The molecule has 1 fully saturated rings. The van der Waals surface area contributed by atoms with Gasteiger partial charge in [-0.05, 0) is 31.5 Å². The molecule has 1 unspecified atom stereocenters. The molecule has 0 radical (unpaired) electrons. The first-order valence-electron chi connectivity index (χ1n) is 5.38. The zero-order chi connectivity index (χ0) is 10.7. The van der Waals surface area contributed by atoms with Gasteiger partial charge in [0.15, 0.2) is 0 Å². The van der Waals surface area contributed by atoms with Crippen LogP contribution < -0.4 is 0 Å². The topological polar surface area (TPSA) is 23.5 Å². The molecule has 15 heavy (non-hydrogen) atoms. The number of likely N-dealkylation sites (tertiary alicyclic amines) is 1. The van der Waals surface area contributed by atoms with Gasteiger partial charge in [-0.3, -0.25) is 4.90 Å². The predicted octanol–water partition coefficient (Wildman–Crippen LogP) is 2.75. The molecule has 0 aliphatic carbocycles. The van der Waals surface area contributed by atoms with E-state index in [9.17, 15) is 5.11 Å². The van der Waals surface area contributed by atoms with Gasteiger partial charge in [0.1, 0.15) is 0 Å². The Morgan fingerprint density at radius 1 is 1.47 bits per heavy atom. The Hall–Kier alpha value is -0.0900. The lowest BCUT2D eigenvalue weighted by Crippen LogP contribution is -2.40. The van der Waals surface area contributed by atoms with Gasteiger partial charge in [0, 0.05) is 17.5 Å². The van der Waals surface area contributed by atoms with E-state index >= 15 is 0 Å². The van der Waals surface area contributed by atoms with Crippen LogP contribution in [0.2, 0.25) is 4.34 Å². The van der Waals surface area contributed by atoms with E-state index < -0.39 is 0 Å². The van der Waals surface area contributed by atoms with E-state index in [1.54, 1.807) is 11.3 Å². The minimum absolute atomic E-state index is 0.277. The largest absolute Gasteiger partial charge is 0.395 e. The first-order chi connectivity index (χ1) is 7.29. The summed E-state index contributed by atoms with van der Waals surface area (Å²) in [6, 6.07) is 4.37. The zero-order valence-electron chi connectivity index (χ0n) is 8.66. The summed E-state index contributed by atoms with van der Waals surface area (Å²) in [5.41, 5.74) is 0. The van der Waals surface area contributed by atoms with E-state index in [1.807, 2.05) is 6.07 Å². The highest BCUT2D eigenvalue weighted by molar-refractivity contribution is 7.16. The second-order valence-corrected chi connectivity index (χ2v) is 5.81. The molecule has 1 N–H and O–H groups in total. The van der Waals surface area contributed by atoms with Crippen molar-refractivity contribution in [2.24, 2.45) is 0 Å². The number of thiophene rings is 1. The molecule has 1 aliphatic heterocycles. The number of aliphatic hydroxyl groups excluding tert-OH is 1. The third kappa shape index (κ3) is 2.94. The molecule has 0 aromatic carbocycles. The van der Waals surface area contributed by atoms with Gasteiger partial charge in [0.2, 0.25) is 0 Å². The van der Waals surface area contributed by atoms with Crippen LogP contribution in [0.3, 0.4) is 0 Å². The Kier molecular flexibility index (Phi) is 4.03. The van der Waals surface area contributed by atoms with Gasteiger partial charge in [-0.25, -0.2) is 0 Å². The number of rotatable bonds is 3. The molecule has 2 rings (SSSR count). The van der Waals surface area contributed by atoms with Crippen LogP contribution in [-0.4, -0.2) is 29.2 Å². The number of hydrogen-bond donors (Lipinski definition) is 1. The molecule has 2 nitrogen and oxygen atoms in total. The van der Waals surface area contributed by atoms with Crippen LogP contribution in [-0.2, 0) is 6.54 Å². The molecule has 0 saturated carbocycles. The molecular weight excluding hydrogens is 230 g/mol. The fourth-order valence-corrected chi connectivity index (χ4v) is 3.23. The second kappa shape index (κ2) is 5.30. The van der Waals surface area contributed by atoms with E-state index in [4.69, 9.17) is 11.6 Å². The first kappa shape index (κ1) is 11.4. The van der Waals surface area contributed by atoms with Crippen LogP contribution in [0.1, 0.15) is 24.1 Å². The van der Waals surface area contributed by atoms with Crippen LogP contribution >= 0.6 is 22.9 Å². The van der Waals surface area contributed by atoms with Crippen molar-refractivity contribution >= 4 is 22.9 Å². The molecule has 1 aliphatic rings. The van der Waals surface area contributed by atoms with Gasteiger partial charge < -0.3 is 5.11 Å². The molecule has 1 saturated heterocycles. The monoisotopic (exact) mass is 245 g/mol. The number of aliphatic hydroxyl groups is 1. The van der Waals surface area contributed by atoms with Gasteiger partial charge >= 0.3 is 0 Å². The van der Waals surface area contributed by atoms with Crippen molar-refractivity contribution < 1.29 is 5.11 Å². The summed E-state index contributed by atoms with van der Waals surface area (Å²) in [4.78, 5) is 3.66. The molecule has 1 atom stereocenters. The van der Waals surface area contributed by atoms with Crippen molar-refractivity contribution in [3.8, 4) is 0 Å². The van der Waals surface area contributed by atoms with Gasteiger partial charge in [-0.1, -0.05) is 18.0 Å². The lowest BCUT2D eigenvalue weighted by Gasteiger charge is -2.34. The SMILES string of the molecule is OCC1CCCCN1Cc1ccc(Cl)s1. The molecule has 0 amide bonds. The third-order valence-corrected chi connectivity index (χ3v) is 4.16. The summed E-state index contributed by atoms with van der Waals surface area (Å²) in [7, 11) is 0. The number of hydrogen-bond acceptors (Lipinski definition) is 3. The lowest BCUT2D eigenvalue weighted by molar-refractivity contribution is 0.0850. The van der Waals surface area contributed by atoms with Crippen molar-refractivity contribution in [1.82, 2.24) is 4.90 Å². The van der Waals surface area contributed by atoms with Crippen molar-refractivity contribution in [2.45, 2.75) is 31.8 Å². The molecule has 1 aromatic heterocycles. The summed E-state index contributed by atoms with van der Waals surface area (Å²) in [5, 5.41) is 9.28. The molecule has 0 bridgehead atoms. The highest BCUT2D eigenvalue weighted by Crippen LogP contribution is 2.25. The Bertz CT molecular complexity index is 315. The fraction of sp³-hybridized carbons (Fsp3) is 0.636. The number of piperidine rings is 1. The van der Waals surface area contributed by atoms with E-state index in [2.05, 4.69) is 11.0 Å². The molecule has 4 heteroatoms. The maximum absolute atomic E-state index is 9.28. The zero-order valence-corrected chi connectivity index (χ0v) is 10.2. The molecule has 84 valence electrons. The Morgan fingerprint density at radius 2 is 2.33 bits per heavy atom. The first-order valence-corrected chi connectivity index (χ1v) is 6.58.